The Balaban J connectivity index is 1.81. The summed E-state index contributed by atoms with van der Waals surface area (Å²) >= 11 is 0. The number of carboxylic acid groups (broad SMARTS) is 1. The molecule has 0 aliphatic heterocycles. The summed E-state index contributed by atoms with van der Waals surface area (Å²) in [4.78, 5) is 10.8. The van der Waals surface area contributed by atoms with Gasteiger partial charge < -0.3 is 10.4 Å². The molecular formula is C17H25NO2. The van der Waals surface area contributed by atoms with Gasteiger partial charge in [0.1, 0.15) is 0 Å². The molecule has 0 heterocycles. The van der Waals surface area contributed by atoms with E-state index in [1.807, 2.05) is 12.1 Å². The van der Waals surface area contributed by atoms with Crippen molar-refractivity contribution in [2.24, 2.45) is 5.41 Å². The predicted octanol–water partition coefficient (Wildman–Crippen LogP) is 3.83. The molecule has 0 aromatic heterocycles. The smallest absolute Gasteiger partial charge is 0.335 e. The lowest BCUT2D eigenvalue weighted by molar-refractivity contribution is 0.0697. The maximum Gasteiger partial charge on any atom is 0.335 e. The molecule has 1 aromatic carbocycles. The highest BCUT2D eigenvalue weighted by Gasteiger charge is 2.24. The predicted molar refractivity (Wildman–Crippen MR) is 80.9 cm³/mol. The van der Waals surface area contributed by atoms with Crippen LogP contribution in [0, 0.1) is 5.41 Å². The Morgan fingerprint density at radius 1 is 1.15 bits per heavy atom. The molecule has 1 aliphatic carbocycles. The van der Waals surface area contributed by atoms with Gasteiger partial charge in [-0.2, -0.15) is 0 Å². The Morgan fingerprint density at radius 3 is 2.30 bits per heavy atom. The van der Waals surface area contributed by atoms with Gasteiger partial charge in [0, 0.05) is 13.1 Å². The molecule has 1 aliphatic rings. The van der Waals surface area contributed by atoms with Gasteiger partial charge in [-0.25, -0.2) is 4.79 Å². The summed E-state index contributed by atoms with van der Waals surface area (Å²) in [5.41, 5.74) is 1.93. The minimum absolute atomic E-state index is 0.351. The number of carbonyl (C=O) groups is 1. The van der Waals surface area contributed by atoms with Crippen LogP contribution in [0.3, 0.4) is 0 Å². The zero-order valence-corrected chi connectivity index (χ0v) is 12.3. The van der Waals surface area contributed by atoms with Crippen molar-refractivity contribution in [2.75, 3.05) is 6.54 Å². The Hall–Kier alpha value is -1.35. The molecule has 0 amide bonds. The molecule has 0 radical (unpaired) electrons. The largest absolute Gasteiger partial charge is 0.478 e. The van der Waals surface area contributed by atoms with Crippen molar-refractivity contribution in [2.45, 2.75) is 52.0 Å². The number of nitrogens with one attached hydrogen (secondary N) is 1. The zero-order chi connectivity index (χ0) is 14.4. The number of aromatic carboxylic acids is 1. The summed E-state index contributed by atoms with van der Waals surface area (Å²) in [6, 6.07) is 7.14. The Morgan fingerprint density at radius 2 is 1.75 bits per heavy atom. The lowest BCUT2D eigenvalue weighted by atomic mass is 9.82. The third-order valence-corrected chi connectivity index (χ3v) is 4.39. The van der Waals surface area contributed by atoms with Crippen LogP contribution in [0.25, 0.3) is 0 Å². The van der Waals surface area contributed by atoms with Crippen LogP contribution >= 0.6 is 0 Å². The minimum atomic E-state index is -0.865. The fraction of sp³-hybridized carbons (Fsp3) is 0.588. The minimum Gasteiger partial charge on any atom is -0.478 e. The van der Waals surface area contributed by atoms with Gasteiger partial charge in [0.15, 0.2) is 0 Å². The lowest BCUT2D eigenvalue weighted by Crippen LogP contribution is -2.31. The van der Waals surface area contributed by atoms with E-state index in [1.165, 1.54) is 38.5 Å². The van der Waals surface area contributed by atoms with E-state index in [4.69, 9.17) is 5.11 Å². The van der Waals surface area contributed by atoms with Crippen molar-refractivity contribution in [3.63, 3.8) is 0 Å². The van der Waals surface area contributed by atoms with Crippen LogP contribution in [0.15, 0.2) is 24.3 Å². The molecule has 0 atom stereocenters. The first kappa shape index (κ1) is 15.0. The second-order valence-corrected chi connectivity index (χ2v) is 6.33. The molecule has 0 bridgehead atoms. The first-order chi connectivity index (χ1) is 9.59. The zero-order valence-electron chi connectivity index (χ0n) is 12.3. The molecule has 1 saturated carbocycles. The summed E-state index contributed by atoms with van der Waals surface area (Å²) in [5.74, 6) is -0.865. The van der Waals surface area contributed by atoms with Crippen molar-refractivity contribution >= 4 is 5.97 Å². The summed E-state index contributed by atoms with van der Waals surface area (Å²) in [7, 11) is 0. The highest BCUT2D eigenvalue weighted by molar-refractivity contribution is 5.87. The molecule has 1 fully saturated rings. The molecule has 0 spiro atoms. The summed E-state index contributed by atoms with van der Waals surface area (Å²) in [6.45, 7) is 4.25. The van der Waals surface area contributed by atoms with Gasteiger partial charge in [0.05, 0.1) is 5.56 Å². The molecule has 110 valence electrons. The third-order valence-electron chi connectivity index (χ3n) is 4.39. The van der Waals surface area contributed by atoms with Crippen molar-refractivity contribution in [1.82, 2.24) is 5.32 Å². The first-order valence-corrected chi connectivity index (χ1v) is 7.62. The maximum atomic E-state index is 10.8. The van der Waals surface area contributed by atoms with E-state index in [-0.39, 0.29) is 0 Å². The Kier molecular flexibility index (Phi) is 5.18. The van der Waals surface area contributed by atoms with Gasteiger partial charge in [-0.15, -0.1) is 0 Å². The van der Waals surface area contributed by atoms with Gasteiger partial charge >= 0.3 is 5.97 Å². The van der Waals surface area contributed by atoms with E-state index >= 15 is 0 Å². The van der Waals surface area contributed by atoms with E-state index in [9.17, 15) is 4.79 Å². The summed E-state index contributed by atoms with van der Waals surface area (Å²) in [5, 5.41) is 12.4. The van der Waals surface area contributed by atoms with Crippen molar-refractivity contribution in [1.29, 1.82) is 0 Å². The molecule has 0 unspecified atom stereocenters. The van der Waals surface area contributed by atoms with Gasteiger partial charge in [-0.05, 0) is 36.0 Å². The van der Waals surface area contributed by atoms with Gasteiger partial charge in [0.2, 0.25) is 0 Å². The van der Waals surface area contributed by atoms with Crippen molar-refractivity contribution < 1.29 is 9.90 Å². The van der Waals surface area contributed by atoms with Crippen LogP contribution in [-0.4, -0.2) is 17.6 Å². The highest BCUT2D eigenvalue weighted by Crippen LogP contribution is 2.33. The van der Waals surface area contributed by atoms with E-state index in [0.717, 1.165) is 18.7 Å². The lowest BCUT2D eigenvalue weighted by Gasteiger charge is -2.28. The first-order valence-electron chi connectivity index (χ1n) is 7.62. The molecule has 20 heavy (non-hydrogen) atoms. The maximum absolute atomic E-state index is 10.8. The topological polar surface area (TPSA) is 49.3 Å². The van der Waals surface area contributed by atoms with Crippen molar-refractivity contribution in [3.05, 3.63) is 35.4 Å². The van der Waals surface area contributed by atoms with Crippen LogP contribution in [-0.2, 0) is 6.54 Å². The van der Waals surface area contributed by atoms with Crippen LogP contribution in [0.4, 0.5) is 0 Å². The van der Waals surface area contributed by atoms with Gasteiger partial charge in [-0.3, -0.25) is 0 Å². The second-order valence-electron chi connectivity index (χ2n) is 6.33. The SMILES string of the molecule is CC1(CNCc2ccc(C(=O)O)cc2)CCCCCC1. The normalized spacial score (nSPS) is 18.4. The molecule has 3 nitrogen and oxygen atoms in total. The van der Waals surface area contributed by atoms with Crippen LogP contribution in [0.5, 0.6) is 0 Å². The van der Waals surface area contributed by atoms with Crippen molar-refractivity contribution in [3.8, 4) is 0 Å². The summed E-state index contributed by atoms with van der Waals surface area (Å²) in [6.07, 6.45) is 8.10. The number of hydrogen-bond donors (Lipinski definition) is 2. The molecule has 2 N–H and O–H groups in total. The number of carboxylic acids is 1. The second kappa shape index (κ2) is 6.89. The van der Waals surface area contributed by atoms with E-state index in [1.54, 1.807) is 12.1 Å². The average molecular weight is 275 g/mol. The van der Waals surface area contributed by atoms with Gasteiger partial charge in [-0.1, -0.05) is 44.7 Å². The molecule has 3 heteroatoms. The molecule has 2 rings (SSSR count). The van der Waals surface area contributed by atoms with Crippen LogP contribution in [0.2, 0.25) is 0 Å². The average Bonchev–Trinajstić information content (AvgIpc) is 2.64. The van der Waals surface area contributed by atoms with E-state index < -0.39 is 5.97 Å². The fourth-order valence-electron chi connectivity index (χ4n) is 3.03. The van der Waals surface area contributed by atoms with Crippen LogP contribution in [0.1, 0.15) is 61.4 Å². The Bertz CT molecular complexity index is 431. The third kappa shape index (κ3) is 4.34. The number of benzene rings is 1. The number of rotatable bonds is 5. The number of hydrogen-bond acceptors (Lipinski definition) is 2. The van der Waals surface area contributed by atoms with E-state index in [2.05, 4.69) is 12.2 Å². The molecule has 1 aromatic rings. The van der Waals surface area contributed by atoms with E-state index in [0.29, 0.717) is 11.0 Å². The summed E-state index contributed by atoms with van der Waals surface area (Å²) < 4.78 is 0. The highest BCUT2D eigenvalue weighted by atomic mass is 16.4. The molecular weight excluding hydrogens is 250 g/mol. The van der Waals surface area contributed by atoms with Crippen LogP contribution < -0.4 is 5.32 Å². The Labute approximate surface area is 121 Å². The fourth-order valence-corrected chi connectivity index (χ4v) is 3.03. The quantitative estimate of drug-likeness (QED) is 0.803. The monoisotopic (exact) mass is 275 g/mol. The van der Waals surface area contributed by atoms with Gasteiger partial charge in [0.25, 0.3) is 0 Å². The molecule has 0 saturated heterocycles. The standard InChI is InChI=1S/C17H25NO2/c1-17(10-4-2-3-5-11-17)13-18-12-14-6-8-15(9-7-14)16(19)20/h6-9,18H,2-5,10-13H2,1H3,(H,19,20).